The Morgan fingerprint density at radius 2 is 1.84 bits per heavy atom. The average Bonchev–Trinajstić information content (AvgIpc) is 2.82. The van der Waals surface area contributed by atoms with E-state index in [-0.39, 0.29) is 18.5 Å². The number of hydrogen-bond acceptors (Lipinski definition) is 3. The van der Waals surface area contributed by atoms with Crippen molar-refractivity contribution in [3.63, 3.8) is 0 Å². The number of urea groups is 1. The van der Waals surface area contributed by atoms with Gasteiger partial charge < -0.3 is 10.4 Å². The predicted octanol–water partition coefficient (Wildman–Crippen LogP) is 2.41. The standard InChI is InChI=1S/C20H26N2O3/c1-14-6-9-19(25,10-7-14)13-22-17(23)20(21-18(22)24)11-8-15-4-2-3-5-16(15)12-20/h2-5,14,25H,6-13H2,1H3,(H,21,24). The lowest BCUT2D eigenvalue weighted by Crippen LogP contribution is -2.52. The summed E-state index contributed by atoms with van der Waals surface area (Å²) in [7, 11) is 0. The number of rotatable bonds is 2. The number of carbonyl (C=O) groups is 2. The van der Waals surface area contributed by atoms with Gasteiger partial charge in [0.05, 0.1) is 12.1 Å². The number of imide groups is 1. The molecule has 1 saturated heterocycles. The SMILES string of the molecule is CC1CCC(O)(CN2C(=O)NC3(CCc4ccccc4C3)C2=O)CC1. The zero-order valence-corrected chi connectivity index (χ0v) is 14.8. The maximum Gasteiger partial charge on any atom is 0.325 e. The van der Waals surface area contributed by atoms with Gasteiger partial charge in [-0.25, -0.2) is 4.79 Å². The molecule has 1 atom stereocenters. The van der Waals surface area contributed by atoms with Gasteiger partial charge in [0.25, 0.3) is 5.91 Å². The van der Waals surface area contributed by atoms with Gasteiger partial charge >= 0.3 is 6.03 Å². The molecule has 2 fully saturated rings. The maximum absolute atomic E-state index is 13.1. The fourth-order valence-corrected chi connectivity index (χ4v) is 4.60. The first-order valence-electron chi connectivity index (χ1n) is 9.34. The minimum Gasteiger partial charge on any atom is -0.388 e. The molecule has 2 aliphatic carbocycles. The normalized spacial score (nSPS) is 35.0. The summed E-state index contributed by atoms with van der Waals surface area (Å²) in [6.45, 7) is 2.30. The zero-order chi connectivity index (χ0) is 17.7. The molecule has 25 heavy (non-hydrogen) atoms. The third-order valence-electron chi connectivity index (χ3n) is 6.34. The van der Waals surface area contributed by atoms with Gasteiger partial charge in [-0.1, -0.05) is 31.2 Å². The number of benzene rings is 1. The van der Waals surface area contributed by atoms with Crippen LogP contribution in [0.1, 0.15) is 50.2 Å². The van der Waals surface area contributed by atoms with Crippen LogP contribution >= 0.6 is 0 Å². The third-order valence-corrected chi connectivity index (χ3v) is 6.34. The van der Waals surface area contributed by atoms with E-state index >= 15 is 0 Å². The van der Waals surface area contributed by atoms with Crippen molar-refractivity contribution in [3.05, 3.63) is 35.4 Å². The number of nitrogens with zero attached hydrogens (tertiary/aromatic N) is 1. The molecule has 0 radical (unpaired) electrons. The molecule has 0 bridgehead atoms. The van der Waals surface area contributed by atoms with Gasteiger partial charge in [0.1, 0.15) is 5.54 Å². The van der Waals surface area contributed by atoms with E-state index in [2.05, 4.69) is 18.3 Å². The van der Waals surface area contributed by atoms with Crippen molar-refractivity contribution >= 4 is 11.9 Å². The minimum atomic E-state index is -0.933. The van der Waals surface area contributed by atoms with Gasteiger partial charge in [0.15, 0.2) is 0 Å². The topological polar surface area (TPSA) is 69.6 Å². The van der Waals surface area contributed by atoms with E-state index in [1.807, 2.05) is 18.2 Å². The minimum absolute atomic E-state index is 0.119. The highest BCUT2D eigenvalue weighted by Gasteiger charge is 2.53. The number of hydrogen-bond donors (Lipinski definition) is 2. The molecule has 2 N–H and O–H groups in total. The molecule has 5 heteroatoms. The fraction of sp³-hybridized carbons (Fsp3) is 0.600. The Kier molecular flexibility index (Phi) is 3.87. The molecule has 1 aromatic rings. The predicted molar refractivity (Wildman–Crippen MR) is 94.0 cm³/mol. The number of aliphatic hydroxyl groups is 1. The third kappa shape index (κ3) is 2.84. The van der Waals surface area contributed by atoms with Crippen molar-refractivity contribution < 1.29 is 14.7 Å². The molecule has 1 unspecified atom stereocenters. The van der Waals surface area contributed by atoms with E-state index in [0.29, 0.717) is 31.6 Å². The Hall–Kier alpha value is -1.88. The molecule has 4 rings (SSSR count). The van der Waals surface area contributed by atoms with Crippen LogP contribution in [0.15, 0.2) is 24.3 Å². The second kappa shape index (κ2) is 5.84. The van der Waals surface area contributed by atoms with Crippen molar-refractivity contribution in [1.29, 1.82) is 0 Å². The van der Waals surface area contributed by atoms with E-state index < -0.39 is 11.1 Å². The van der Waals surface area contributed by atoms with Crippen LogP contribution in [-0.2, 0) is 17.6 Å². The van der Waals surface area contributed by atoms with Crippen LogP contribution in [-0.4, -0.2) is 39.6 Å². The lowest BCUT2D eigenvalue weighted by Gasteiger charge is -2.37. The molecule has 1 spiro atoms. The highest BCUT2D eigenvalue weighted by molar-refractivity contribution is 6.07. The molecule has 1 aromatic carbocycles. The summed E-state index contributed by atoms with van der Waals surface area (Å²) < 4.78 is 0. The number of aryl methyl sites for hydroxylation is 1. The summed E-state index contributed by atoms with van der Waals surface area (Å²) in [5, 5.41) is 13.8. The maximum atomic E-state index is 13.1. The van der Waals surface area contributed by atoms with Crippen molar-refractivity contribution in [3.8, 4) is 0 Å². The lowest BCUT2D eigenvalue weighted by atomic mass is 9.77. The summed E-state index contributed by atoms with van der Waals surface area (Å²) in [4.78, 5) is 26.9. The van der Waals surface area contributed by atoms with E-state index in [9.17, 15) is 14.7 Å². The Morgan fingerprint density at radius 1 is 1.16 bits per heavy atom. The summed E-state index contributed by atoms with van der Waals surface area (Å²) in [5.41, 5.74) is 0.629. The molecular formula is C20H26N2O3. The molecule has 1 saturated carbocycles. The number of fused-ring (bicyclic) bond motifs is 1. The molecule has 1 aliphatic heterocycles. The number of nitrogens with one attached hydrogen (secondary N) is 1. The van der Waals surface area contributed by atoms with Crippen molar-refractivity contribution in [1.82, 2.24) is 10.2 Å². The molecule has 3 aliphatic rings. The first kappa shape index (κ1) is 16.6. The Labute approximate surface area is 148 Å². The molecule has 3 amide bonds. The Bertz CT molecular complexity index is 709. The van der Waals surface area contributed by atoms with Crippen LogP contribution < -0.4 is 5.32 Å². The second-order valence-corrected chi connectivity index (χ2v) is 8.26. The van der Waals surface area contributed by atoms with Crippen LogP contribution in [0, 0.1) is 5.92 Å². The first-order chi connectivity index (χ1) is 11.9. The molecular weight excluding hydrogens is 316 g/mol. The van der Waals surface area contributed by atoms with Gasteiger partial charge in [0.2, 0.25) is 0 Å². The number of amides is 3. The van der Waals surface area contributed by atoms with Crippen LogP contribution in [0.5, 0.6) is 0 Å². The molecule has 0 aromatic heterocycles. The van der Waals surface area contributed by atoms with Gasteiger partial charge in [0, 0.05) is 6.42 Å². The zero-order valence-electron chi connectivity index (χ0n) is 14.8. The van der Waals surface area contributed by atoms with Crippen LogP contribution in [0.3, 0.4) is 0 Å². The van der Waals surface area contributed by atoms with E-state index in [4.69, 9.17) is 0 Å². The van der Waals surface area contributed by atoms with Gasteiger partial charge in [-0.15, -0.1) is 0 Å². The largest absolute Gasteiger partial charge is 0.388 e. The first-order valence-corrected chi connectivity index (χ1v) is 9.34. The highest BCUT2D eigenvalue weighted by Crippen LogP contribution is 2.37. The number of carbonyl (C=O) groups excluding carboxylic acids is 2. The summed E-state index contributed by atoms with van der Waals surface area (Å²) >= 11 is 0. The van der Waals surface area contributed by atoms with Crippen molar-refractivity contribution in [2.45, 2.75) is 63.0 Å². The van der Waals surface area contributed by atoms with Crippen LogP contribution in [0.25, 0.3) is 0 Å². The molecule has 134 valence electrons. The van der Waals surface area contributed by atoms with Crippen LogP contribution in [0.2, 0.25) is 0 Å². The average molecular weight is 342 g/mol. The van der Waals surface area contributed by atoms with Gasteiger partial charge in [-0.05, 0) is 55.6 Å². The van der Waals surface area contributed by atoms with Crippen molar-refractivity contribution in [2.24, 2.45) is 5.92 Å². The number of β-amino-alcohol motifs (C(OH)–C–C–N with tert-alkyl or cyclic N) is 1. The monoisotopic (exact) mass is 342 g/mol. The molecule has 1 heterocycles. The quantitative estimate of drug-likeness (QED) is 0.811. The van der Waals surface area contributed by atoms with Gasteiger partial charge in [-0.3, -0.25) is 9.69 Å². The Morgan fingerprint density at radius 3 is 2.56 bits per heavy atom. The fourth-order valence-electron chi connectivity index (χ4n) is 4.60. The van der Waals surface area contributed by atoms with Crippen molar-refractivity contribution in [2.75, 3.05) is 6.54 Å². The van der Waals surface area contributed by atoms with E-state index in [1.54, 1.807) is 0 Å². The van der Waals surface area contributed by atoms with Gasteiger partial charge in [-0.2, -0.15) is 0 Å². The summed E-state index contributed by atoms with van der Waals surface area (Å²) in [6, 6.07) is 7.76. The summed E-state index contributed by atoms with van der Waals surface area (Å²) in [5.74, 6) is 0.434. The Balaban J connectivity index is 1.53. The summed E-state index contributed by atoms with van der Waals surface area (Å²) in [6.07, 6.45) is 5.15. The van der Waals surface area contributed by atoms with E-state index in [1.165, 1.54) is 10.5 Å². The second-order valence-electron chi connectivity index (χ2n) is 8.26. The molecule has 5 nitrogen and oxygen atoms in total. The lowest BCUT2D eigenvalue weighted by molar-refractivity contribution is -0.135. The smallest absolute Gasteiger partial charge is 0.325 e. The highest BCUT2D eigenvalue weighted by atomic mass is 16.3. The van der Waals surface area contributed by atoms with E-state index in [0.717, 1.165) is 24.8 Å². The van der Waals surface area contributed by atoms with Crippen LogP contribution in [0.4, 0.5) is 4.79 Å².